The van der Waals surface area contributed by atoms with Crippen molar-refractivity contribution in [2.24, 2.45) is 0 Å². The van der Waals surface area contributed by atoms with Crippen LogP contribution < -0.4 is 10.6 Å². The largest absolute Gasteiger partial charge is 0.478 e. The molecule has 0 saturated heterocycles. The Morgan fingerprint density at radius 1 is 1.21 bits per heavy atom. The second-order valence-corrected chi connectivity index (χ2v) is 4.32. The molecule has 2 amide bonds. The lowest BCUT2D eigenvalue weighted by atomic mass is 10.1. The van der Waals surface area contributed by atoms with Gasteiger partial charge in [0.15, 0.2) is 0 Å². The lowest BCUT2D eigenvalue weighted by molar-refractivity contribution is 0.0696. The quantitative estimate of drug-likeness (QED) is 0.661. The van der Waals surface area contributed by atoms with Gasteiger partial charge in [0.1, 0.15) is 0 Å². The fourth-order valence-corrected chi connectivity index (χ4v) is 1.64. The highest BCUT2D eigenvalue weighted by Gasteiger charge is 2.04. The molecule has 0 aliphatic heterocycles. The molecule has 0 fully saturated rings. The molecule has 0 bridgehead atoms. The number of unbranched alkanes of at least 4 members (excludes halogenated alkanes) is 2. The zero-order valence-electron chi connectivity index (χ0n) is 11.1. The number of hydrogen-bond acceptors (Lipinski definition) is 2. The van der Waals surface area contributed by atoms with Crippen molar-refractivity contribution in [3.63, 3.8) is 0 Å². The van der Waals surface area contributed by atoms with Gasteiger partial charge in [0, 0.05) is 13.1 Å². The average molecular weight is 264 g/mol. The van der Waals surface area contributed by atoms with Gasteiger partial charge >= 0.3 is 12.0 Å². The summed E-state index contributed by atoms with van der Waals surface area (Å²) >= 11 is 0. The fourth-order valence-electron chi connectivity index (χ4n) is 1.64. The third kappa shape index (κ3) is 5.90. The number of amides is 2. The number of carbonyl (C=O) groups is 2. The van der Waals surface area contributed by atoms with Gasteiger partial charge in [-0.05, 0) is 24.1 Å². The summed E-state index contributed by atoms with van der Waals surface area (Å²) in [5.74, 6) is -0.967. The number of rotatable bonds is 7. The van der Waals surface area contributed by atoms with E-state index in [-0.39, 0.29) is 11.6 Å². The number of nitrogens with one attached hydrogen (secondary N) is 2. The molecule has 0 aliphatic carbocycles. The standard InChI is InChI=1S/C14H20N2O3/c1-2-3-4-8-15-14(19)16-10-11-6-5-7-12(9-11)13(17)18/h5-7,9H,2-4,8,10H2,1H3,(H,17,18)(H2,15,16,19). The minimum atomic E-state index is -0.967. The topological polar surface area (TPSA) is 78.4 Å². The summed E-state index contributed by atoms with van der Waals surface area (Å²) in [5.41, 5.74) is 0.992. The number of hydrogen-bond donors (Lipinski definition) is 3. The van der Waals surface area contributed by atoms with Gasteiger partial charge in [-0.1, -0.05) is 31.9 Å². The normalized spacial score (nSPS) is 9.95. The first-order valence-corrected chi connectivity index (χ1v) is 6.47. The zero-order chi connectivity index (χ0) is 14.1. The number of benzene rings is 1. The summed E-state index contributed by atoms with van der Waals surface area (Å²) in [7, 11) is 0. The zero-order valence-corrected chi connectivity index (χ0v) is 11.1. The van der Waals surface area contributed by atoms with Gasteiger partial charge in [0.25, 0.3) is 0 Å². The van der Waals surface area contributed by atoms with Crippen molar-refractivity contribution in [1.82, 2.24) is 10.6 Å². The van der Waals surface area contributed by atoms with Crippen LogP contribution in [0.3, 0.4) is 0 Å². The Kier molecular flexibility index (Phi) is 6.43. The second-order valence-electron chi connectivity index (χ2n) is 4.32. The van der Waals surface area contributed by atoms with Gasteiger partial charge in [-0.3, -0.25) is 0 Å². The van der Waals surface area contributed by atoms with Gasteiger partial charge in [-0.25, -0.2) is 9.59 Å². The fraction of sp³-hybridized carbons (Fsp3) is 0.429. The molecule has 0 unspecified atom stereocenters. The third-order valence-electron chi connectivity index (χ3n) is 2.69. The molecule has 0 radical (unpaired) electrons. The van der Waals surface area contributed by atoms with Crippen LogP contribution >= 0.6 is 0 Å². The highest BCUT2D eigenvalue weighted by atomic mass is 16.4. The Labute approximate surface area is 113 Å². The summed E-state index contributed by atoms with van der Waals surface area (Å²) < 4.78 is 0. The smallest absolute Gasteiger partial charge is 0.335 e. The second kappa shape index (κ2) is 8.13. The van der Waals surface area contributed by atoms with Crippen LogP contribution in [0.1, 0.15) is 42.1 Å². The van der Waals surface area contributed by atoms with Gasteiger partial charge in [-0.15, -0.1) is 0 Å². The van der Waals surface area contributed by atoms with Crippen LogP contribution in [0.2, 0.25) is 0 Å². The Morgan fingerprint density at radius 3 is 2.68 bits per heavy atom. The van der Waals surface area contributed by atoms with Crippen molar-refractivity contribution in [3.05, 3.63) is 35.4 Å². The van der Waals surface area contributed by atoms with E-state index in [9.17, 15) is 9.59 Å². The Bertz CT molecular complexity index is 432. The summed E-state index contributed by atoms with van der Waals surface area (Å²) in [6.07, 6.45) is 3.19. The molecule has 0 saturated carbocycles. The molecule has 0 aromatic heterocycles. The van der Waals surface area contributed by atoms with E-state index >= 15 is 0 Å². The van der Waals surface area contributed by atoms with Gasteiger partial charge < -0.3 is 15.7 Å². The van der Waals surface area contributed by atoms with E-state index in [1.807, 2.05) is 0 Å². The van der Waals surface area contributed by atoms with E-state index in [0.717, 1.165) is 24.8 Å². The van der Waals surface area contributed by atoms with E-state index in [1.54, 1.807) is 18.2 Å². The Hall–Kier alpha value is -2.04. The average Bonchev–Trinajstić information content (AvgIpc) is 2.41. The van der Waals surface area contributed by atoms with Crippen LogP contribution in [0.25, 0.3) is 0 Å². The summed E-state index contributed by atoms with van der Waals surface area (Å²) in [6, 6.07) is 6.30. The first kappa shape index (κ1) is 15.0. The van der Waals surface area contributed by atoms with E-state index in [2.05, 4.69) is 17.6 Å². The summed E-state index contributed by atoms with van der Waals surface area (Å²) in [5, 5.41) is 14.3. The molecule has 0 aliphatic rings. The van der Waals surface area contributed by atoms with E-state index in [4.69, 9.17) is 5.11 Å². The maximum absolute atomic E-state index is 11.5. The molecule has 104 valence electrons. The first-order valence-electron chi connectivity index (χ1n) is 6.47. The van der Waals surface area contributed by atoms with Gasteiger partial charge in [0.2, 0.25) is 0 Å². The van der Waals surface area contributed by atoms with Crippen LogP contribution in [0, 0.1) is 0 Å². The first-order chi connectivity index (χ1) is 9.13. The van der Waals surface area contributed by atoms with Crippen LogP contribution in [0.5, 0.6) is 0 Å². The molecule has 1 aromatic rings. The molecular weight excluding hydrogens is 244 g/mol. The SMILES string of the molecule is CCCCCNC(=O)NCc1cccc(C(=O)O)c1. The third-order valence-corrected chi connectivity index (χ3v) is 2.69. The number of urea groups is 1. The van der Waals surface area contributed by atoms with Crippen molar-refractivity contribution < 1.29 is 14.7 Å². The van der Waals surface area contributed by atoms with Gasteiger partial charge in [-0.2, -0.15) is 0 Å². The minimum absolute atomic E-state index is 0.225. The molecular formula is C14H20N2O3. The molecule has 3 N–H and O–H groups in total. The van der Waals surface area contributed by atoms with Crippen LogP contribution in [0.15, 0.2) is 24.3 Å². The molecule has 0 heterocycles. The predicted octanol–water partition coefficient (Wildman–Crippen LogP) is 2.37. The summed E-state index contributed by atoms with van der Waals surface area (Å²) in [6.45, 7) is 3.09. The predicted molar refractivity (Wildman–Crippen MR) is 73.2 cm³/mol. The number of aromatic carboxylic acids is 1. The molecule has 0 atom stereocenters. The van der Waals surface area contributed by atoms with Gasteiger partial charge in [0.05, 0.1) is 5.56 Å². The minimum Gasteiger partial charge on any atom is -0.478 e. The molecule has 5 nitrogen and oxygen atoms in total. The molecule has 0 spiro atoms. The molecule has 1 rings (SSSR count). The molecule has 1 aromatic carbocycles. The maximum Gasteiger partial charge on any atom is 0.335 e. The maximum atomic E-state index is 11.5. The monoisotopic (exact) mass is 264 g/mol. The number of carboxylic acid groups (broad SMARTS) is 1. The van der Waals surface area contributed by atoms with E-state index < -0.39 is 5.97 Å². The highest BCUT2D eigenvalue weighted by Crippen LogP contribution is 2.04. The van der Waals surface area contributed by atoms with Crippen molar-refractivity contribution >= 4 is 12.0 Å². The Balaban J connectivity index is 2.33. The van der Waals surface area contributed by atoms with Crippen molar-refractivity contribution in [1.29, 1.82) is 0 Å². The van der Waals surface area contributed by atoms with Crippen molar-refractivity contribution in [2.75, 3.05) is 6.54 Å². The number of carboxylic acids is 1. The van der Waals surface area contributed by atoms with E-state index in [1.165, 1.54) is 6.07 Å². The lowest BCUT2D eigenvalue weighted by Gasteiger charge is -2.07. The van der Waals surface area contributed by atoms with Crippen LogP contribution in [0.4, 0.5) is 4.79 Å². The lowest BCUT2D eigenvalue weighted by Crippen LogP contribution is -2.35. The molecule has 5 heteroatoms. The van der Waals surface area contributed by atoms with E-state index in [0.29, 0.717) is 13.1 Å². The van der Waals surface area contributed by atoms with Crippen molar-refractivity contribution in [2.45, 2.75) is 32.7 Å². The summed E-state index contributed by atoms with van der Waals surface area (Å²) in [4.78, 5) is 22.3. The van der Waals surface area contributed by atoms with Crippen molar-refractivity contribution in [3.8, 4) is 0 Å². The van der Waals surface area contributed by atoms with Crippen LogP contribution in [-0.2, 0) is 6.54 Å². The Morgan fingerprint density at radius 2 is 2.00 bits per heavy atom. The number of carbonyl (C=O) groups excluding carboxylic acids is 1. The molecule has 19 heavy (non-hydrogen) atoms. The van der Waals surface area contributed by atoms with Crippen LogP contribution in [-0.4, -0.2) is 23.7 Å². The highest BCUT2D eigenvalue weighted by molar-refractivity contribution is 5.87.